The molecule has 0 fully saturated rings. The highest BCUT2D eigenvalue weighted by Gasteiger charge is 2.14. The molecular weight excluding hydrogens is 340 g/mol. The summed E-state index contributed by atoms with van der Waals surface area (Å²) in [5.41, 5.74) is 3.17. The van der Waals surface area contributed by atoms with Gasteiger partial charge in [-0.15, -0.1) is 18.3 Å². The number of hydrogen-bond donors (Lipinski definition) is 0. The molecule has 0 spiro atoms. The summed E-state index contributed by atoms with van der Waals surface area (Å²) in [7, 11) is 0. The molecule has 2 nitrogen and oxygen atoms in total. The highest BCUT2D eigenvalue weighted by Crippen LogP contribution is 2.11. The quantitative estimate of drug-likeness (QED) is 0.371. The maximum atomic E-state index is 5.45. The fourth-order valence-corrected chi connectivity index (χ4v) is 3.17. The highest BCUT2D eigenvalue weighted by molar-refractivity contribution is 5.75. The zero-order valence-electron chi connectivity index (χ0n) is 16.3. The van der Waals surface area contributed by atoms with E-state index in [1.54, 1.807) is 0 Å². The average Bonchev–Trinajstić information content (AvgIpc) is 2.74. The van der Waals surface area contributed by atoms with Gasteiger partial charge in [-0.1, -0.05) is 18.1 Å². The zero-order valence-corrected chi connectivity index (χ0v) is 16.3. The van der Waals surface area contributed by atoms with Crippen molar-refractivity contribution in [3.8, 4) is 36.0 Å². The molecule has 0 saturated heterocycles. The first-order valence-electron chi connectivity index (χ1n) is 9.58. The minimum Gasteiger partial charge on any atom is -0.190 e. The number of nitrogens with zero attached hydrogens (tertiary/aromatic N) is 2. The largest absolute Gasteiger partial charge is 0.257 e. The van der Waals surface area contributed by atoms with Crippen molar-refractivity contribution in [2.75, 3.05) is 0 Å². The van der Waals surface area contributed by atoms with Crippen LogP contribution in [0.5, 0.6) is 0 Å². The Morgan fingerprint density at radius 1 is 0.857 bits per heavy atom. The fraction of sp³-hybridized carbons (Fsp3) is 0.231. The third-order valence-corrected chi connectivity index (χ3v) is 4.56. The van der Waals surface area contributed by atoms with E-state index in [0.717, 1.165) is 43.7 Å². The number of fused-ring (bicyclic) bond motifs is 1. The van der Waals surface area contributed by atoms with Gasteiger partial charge in [-0.3, -0.25) is 0 Å². The van der Waals surface area contributed by atoms with Crippen LogP contribution in [-0.4, -0.2) is 0 Å². The molecule has 2 heteroatoms. The Morgan fingerprint density at radius 3 is 2.54 bits per heavy atom. The van der Waals surface area contributed by atoms with Crippen molar-refractivity contribution in [3.05, 3.63) is 72.2 Å². The third-order valence-electron chi connectivity index (χ3n) is 4.56. The van der Waals surface area contributed by atoms with Crippen molar-refractivity contribution < 1.29 is 9.13 Å². The predicted molar refractivity (Wildman–Crippen MR) is 113 cm³/mol. The van der Waals surface area contributed by atoms with Crippen LogP contribution in [0.25, 0.3) is 10.9 Å². The molecule has 1 aromatic carbocycles. The van der Waals surface area contributed by atoms with Gasteiger partial charge in [0.2, 0.25) is 5.52 Å². The number of aromatic nitrogens is 2. The van der Waals surface area contributed by atoms with Crippen LogP contribution in [0, 0.1) is 36.0 Å². The number of para-hydroxylation sites is 1. The number of hydrogen-bond acceptors (Lipinski definition) is 0. The predicted octanol–water partition coefficient (Wildman–Crippen LogP) is 3.64. The van der Waals surface area contributed by atoms with Crippen LogP contribution in [-0.2, 0) is 13.1 Å². The van der Waals surface area contributed by atoms with Gasteiger partial charge < -0.3 is 0 Å². The number of aryl methyl sites for hydroxylation is 2. The maximum absolute atomic E-state index is 5.45. The molecule has 0 aliphatic heterocycles. The molecule has 0 radical (unpaired) electrons. The lowest BCUT2D eigenvalue weighted by Crippen LogP contribution is -2.39. The van der Waals surface area contributed by atoms with Crippen molar-refractivity contribution in [3.63, 3.8) is 0 Å². The summed E-state index contributed by atoms with van der Waals surface area (Å²) in [5, 5.41) is 1.21. The van der Waals surface area contributed by atoms with Gasteiger partial charge in [-0.25, -0.2) is 0 Å². The van der Waals surface area contributed by atoms with Gasteiger partial charge in [0, 0.05) is 54.3 Å². The lowest BCUT2D eigenvalue weighted by molar-refractivity contribution is -0.698. The molecule has 2 aromatic heterocycles. The summed E-state index contributed by atoms with van der Waals surface area (Å²) >= 11 is 0. The number of rotatable bonds is 5. The second-order valence-electron chi connectivity index (χ2n) is 6.44. The summed E-state index contributed by atoms with van der Waals surface area (Å²) in [6.45, 7) is 3.57. The van der Waals surface area contributed by atoms with E-state index in [9.17, 15) is 0 Å². The van der Waals surface area contributed by atoms with Crippen LogP contribution in [0.2, 0.25) is 0 Å². The van der Waals surface area contributed by atoms with E-state index in [0.29, 0.717) is 0 Å². The van der Waals surface area contributed by atoms with E-state index in [1.807, 2.05) is 19.1 Å². The molecule has 0 unspecified atom stereocenters. The summed E-state index contributed by atoms with van der Waals surface area (Å²) in [5.74, 6) is 15.5. The summed E-state index contributed by atoms with van der Waals surface area (Å²) < 4.78 is 4.43. The number of terminal acetylenes is 1. The van der Waals surface area contributed by atoms with E-state index in [4.69, 9.17) is 6.42 Å². The smallest absolute Gasteiger partial charge is 0.190 e. The Hall–Kier alpha value is -3.54. The van der Waals surface area contributed by atoms with Gasteiger partial charge in [0.15, 0.2) is 19.3 Å². The zero-order chi connectivity index (χ0) is 19.6. The molecule has 28 heavy (non-hydrogen) atoms. The molecule has 0 aliphatic rings. The maximum Gasteiger partial charge on any atom is 0.257 e. The van der Waals surface area contributed by atoms with Crippen LogP contribution in [0.15, 0.2) is 60.8 Å². The molecule has 2 heterocycles. The van der Waals surface area contributed by atoms with Crippen molar-refractivity contribution in [2.24, 2.45) is 0 Å². The third kappa shape index (κ3) is 4.79. The molecule has 0 atom stereocenters. The Balaban J connectivity index is 1.98. The molecule has 0 saturated carbocycles. The van der Waals surface area contributed by atoms with Crippen LogP contribution in [0.4, 0.5) is 0 Å². The minimum atomic E-state index is 0.764. The summed E-state index contributed by atoms with van der Waals surface area (Å²) in [6, 6.07) is 18.7. The Bertz CT molecular complexity index is 1130. The van der Waals surface area contributed by atoms with Gasteiger partial charge >= 0.3 is 0 Å². The SMILES string of the molecule is C#CCCC[n+]1c(C#Cc2cccc[n+]2CCC#CC)ccc2ccccc21. The van der Waals surface area contributed by atoms with E-state index >= 15 is 0 Å². The Kier molecular flexibility index (Phi) is 6.84. The van der Waals surface area contributed by atoms with Crippen LogP contribution in [0.1, 0.15) is 37.6 Å². The molecule has 3 aromatic rings. The first kappa shape index (κ1) is 19.2. The minimum absolute atomic E-state index is 0.764. The van der Waals surface area contributed by atoms with Crippen molar-refractivity contribution in [1.82, 2.24) is 0 Å². The summed E-state index contributed by atoms with van der Waals surface area (Å²) in [6.07, 6.45) is 10.0. The van der Waals surface area contributed by atoms with Crippen molar-refractivity contribution in [2.45, 2.75) is 39.3 Å². The van der Waals surface area contributed by atoms with E-state index < -0.39 is 0 Å². The van der Waals surface area contributed by atoms with E-state index in [1.165, 1.54) is 10.9 Å². The molecule has 0 N–H and O–H groups in total. The topological polar surface area (TPSA) is 7.76 Å². The molecule has 136 valence electrons. The first-order valence-corrected chi connectivity index (χ1v) is 9.58. The van der Waals surface area contributed by atoms with Crippen LogP contribution >= 0.6 is 0 Å². The second kappa shape index (κ2) is 9.97. The second-order valence-corrected chi connectivity index (χ2v) is 6.44. The standard InChI is InChI=1S/C26H24N2/c1-3-5-10-20-27-21-12-9-14-24(27)18-19-25-17-16-23-13-7-8-15-26(23)28(25)22-11-6-4-2/h2,7-9,12-17,21H,6,10-11,20,22H2,1H3/q+2. The molecule has 0 amide bonds. The summed E-state index contributed by atoms with van der Waals surface area (Å²) in [4.78, 5) is 0. The van der Waals surface area contributed by atoms with E-state index in [-0.39, 0.29) is 0 Å². The number of benzene rings is 1. The lowest BCUT2D eigenvalue weighted by Gasteiger charge is -2.03. The molecule has 0 aliphatic carbocycles. The van der Waals surface area contributed by atoms with Gasteiger partial charge in [0.05, 0.1) is 6.42 Å². The first-order chi connectivity index (χ1) is 13.8. The van der Waals surface area contributed by atoms with Crippen molar-refractivity contribution in [1.29, 1.82) is 0 Å². The number of pyridine rings is 2. The molecule has 0 bridgehead atoms. The number of unbranched alkanes of at least 4 members (excludes halogenated alkanes) is 1. The monoisotopic (exact) mass is 364 g/mol. The fourth-order valence-electron chi connectivity index (χ4n) is 3.17. The molecular formula is C26H24N2+2. The van der Waals surface area contributed by atoms with E-state index in [2.05, 4.69) is 87.4 Å². The highest BCUT2D eigenvalue weighted by atomic mass is 15.0. The normalized spacial score (nSPS) is 9.71. The van der Waals surface area contributed by atoms with Gasteiger partial charge in [-0.05, 0) is 25.1 Å². The van der Waals surface area contributed by atoms with Gasteiger partial charge in [0.25, 0.3) is 11.4 Å². The molecule has 3 rings (SSSR count). The Labute approximate surface area is 167 Å². The van der Waals surface area contributed by atoms with Crippen LogP contribution in [0.3, 0.4) is 0 Å². The van der Waals surface area contributed by atoms with Gasteiger partial charge in [0.1, 0.15) is 0 Å². The Morgan fingerprint density at radius 2 is 1.68 bits per heavy atom. The van der Waals surface area contributed by atoms with Crippen molar-refractivity contribution >= 4 is 10.9 Å². The van der Waals surface area contributed by atoms with Crippen LogP contribution < -0.4 is 9.13 Å². The lowest BCUT2D eigenvalue weighted by atomic mass is 10.1. The van der Waals surface area contributed by atoms with Gasteiger partial charge in [-0.2, -0.15) is 9.13 Å². The average molecular weight is 364 g/mol.